The van der Waals surface area contributed by atoms with E-state index < -0.39 is 33.9 Å². The molecule has 0 saturated heterocycles. The number of hydrogen-bond donors (Lipinski definition) is 1. The lowest BCUT2D eigenvalue weighted by Gasteiger charge is -2.06. The first kappa shape index (κ1) is 11.0. The average molecular weight is 270 g/mol. The van der Waals surface area contributed by atoms with Crippen molar-refractivity contribution in [2.75, 3.05) is 0 Å². The number of aromatic nitrogens is 1. The van der Waals surface area contributed by atoms with Crippen molar-refractivity contribution in [3.63, 3.8) is 0 Å². The highest BCUT2D eigenvalue weighted by atomic mass is 79.9. The van der Waals surface area contributed by atoms with Crippen molar-refractivity contribution in [3.05, 3.63) is 27.7 Å². The van der Waals surface area contributed by atoms with E-state index in [1.807, 2.05) is 0 Å². The normalized spacial score (nSPS) is 10.6. The summed E-state index contributed by atoms with van der Waals surface area (Å²) in [6.45, 7) is 0. The number of alkyl halides is 2. The minimum absolute atomic E-state index is 0.569. The van der Waals surface area contributed by atoms with Crippen LogP contribution in [0.2, 0.25) is 0 Å². The Kier molecular flexibility index (Phi) is 3.10. The predicted molar refractivity (Wildman–Crippen MR) is 43.8 cm³/mol. The third kappa shape index (κ3) is 1.87. The van der Waals surface area contributed by atoms with E-state index in [1.54, 1.807) is 0 Å². The van der Waals surface area contributed by atoms with Crippen LogP contribution in [0.25, 0.3) is 0 Å². The molecule has 1 aromatic heterocycles. The van der Waals surface area contributed by atoms with Gasteiger partial charge in [0.05, 0.1) is 16.2 Å². The molecule has 76 valence electrons. The van der Waals surface area contributed by atoms with E-state index in [9.17, 15) is 18.0 Å². The Morgan fingerprint density at radius 3 is 2.57 bits per heavy atom. The first-order valence-corrected chi connectivity index (χ1v) is 4.09. The SMILES string of the molecule is O=C(O)c1ncc(F)c(Br)c1C(F)F. The van der Waals surface area contributed by atoms with Crippen LogP contribution in [0.15, 0.2) is 10.7 Å². The molecule has 0 aliphatic heterocycles. The molecule has 3 nitrogen and oxygen atoms in total. The van der Waals surface area contributed by atoms with E-state index in [0.29, 0.717) is 6.20 Å². The Labute approximate surface area is 84.7 Å². The van der Waals surface area contributed by atoms with Crippen molar-refractivity contribution in [1.82, 2.24) is 4.98 Å². The van der Waals surface area contributed by atoms with E-state index >= 15 is 0 Å². The summed E-state index contributed by atoms with van der Waals surface area (Å²) in [5.74, 6) is -2.65. The maximum absolute atomic E-state index is 12.7. The number of halogens is 4. The van der Waals surface area contributed by atoms with Gasteiger partial charge in [0.2, 0.25) is 0 Å². The summed E-state index contributed by atoms with van der Waals surface area (Å²) in [6.07, 6.45) is -2.53. The van der Waals surface area contributed by atoms with Gasteiger partial charge in [0, 0.05) is 0 Å². The number of carbonyl (C=O) groups is 1. The van der Waals surface area contributed by atoms with Crippen molar-refractivity contribution in [3.8, 4) is 0 Å². The fourth-order valence-corrected chi connectivity index (χ4v) is 1.31. The molecule has 1 rings (SSSR count). The lowest BCUT2D eigenvalue weighted by molar-refractivity contribution is 0.0676. The van der Waals surface area contributed by atoms with Gasteiger partial charge in [-0.15, -0.1) is 0 Å². The second-order valence-corrected chi connectivity index (χ2v) is 3.08. The largest absolute Gasteiger partial charge is 0.476 e. The molecule has 1 N–H and O–H groups in total. The Hall–Kier alpha value is -1.11. The molecular formula is C7H3BrF3NO2. The van der Waals surface area contributed by atoms with Crippen molar-refractivity contribution in [1.29, 1.82) is 0 Å². The molecule has 0 saturated carbocycles. The third-order valence-corrected chi connectivity index (χ3v) is 2.24. The molecule has 0 radical (unpaired) electrons. The second-order valence-electron chi connectivity index (χ2n) is 2.29. The van der Waals surface area contributed by atoms with Gasteiger partial charge in [-0.05, 0) is 15.9 Å². The Morgan fingerprint density at radius 2 is 2.14 bits per heavy atom. The van der Waals surface area contributed by atoms with Gasteiger partial charge in [-0.25, -0.2) is 22.9 Å². The van der Waals surface area contributed by atoms with E-state index in [-0.39, 0.29) is 0 Å². The molecule has 1 heterocycles. The lowest BCUT2D eigenvalue weighted by Crippen LogP contribution is -2.08. The van der Waals surface area contributed by atoms with Crippen molar-refractivity contribution in [2.24, 2.45) is 0 Å². The van der Waals surface area contributed by atoms with Gasteiger partial charge in [-0.2, -0.15) is 0 Å². The Balaban J connectivity index is 3.45. The van der Waals surface area contributed by atoms with Crippen LogP contribution >= 0.6 is 15.9 Å². The van der Waals surface area contributed by atoms with Crippen LogP contribution in [0.3, 0.4) is 0 Å². The second kappa shape index (κ2) is 3.95. The number of rotatable bonds is 2. The molecule has 0 atom stereocenters. The highest BCUT2D eigenvalue weighted by Crippen LogP contribution is 2.31. The topological polar surface area (TPSA) is 50.2 Å². The summed E-state index contributed by atoms with van der Waals surface area (Å²) in [6, 6.07) is 0. The summed E-state index contributed by atoms with van der Waals surface area (Å²) < 4.78 is 36.8. The van der Waals surface area contributed by atoms with Crippen molar-refractivity contribution in [2.45, 2.75) is 6.43 Å². The minimum atomic E-state index is -3.10. The summed E-state index contributed by atoms with van der Waals surface area (Å²) in [5.41, 5.74) is -1.80. The standard InChI is InChI=1S/C7H3BrF3NO2/c8-4-2(9)1-12-5(7(13)14)3(4)6(10)11/h1,6H,(H,13,14). The molecule has 0 amide bonds. The summed E-state index contributed by atoms with van der Waals surface area (Å²) in [4.78, 5) is 13.5. The van der Waals surface area contributed by atoms with Crippen molar-refractivity contribution < 1.29 is 23.1 Å². The first-order chi connectivity index (χ1) is 6.45. The smallest absolute Gasteiger partial charge is 0.355 e. The quantitative estimate of drug-likeness (QED) is 0.898. The molecule has 0 bridgehead atoms. The monoisotopic (exact) mass is 269 g/mol. The van der Waals surface area contributed by atoms with Crippen LogP contribution in [0, 0.1) is 5.82 Å². The minimum Gasteiger partial charge on any atom is -0.476 e. The van der Waals surface area contributed by atoms with Crippen LogP contribution in [-0.2, 0) is 0 Å². The van der Waals surface area contributed by atoms with E-state index in [0.717, 1.165) is 0 Å². The van der Waals surface area contributed by atoms with Gasteiger partial charge in [-0.1, -0.05) is 0 Å². The number of hydrogen-bond acceptors (Lipinski definition) is 2. The molecule has 0 aromatic carbocycles. The molecule has 0 unspecified atom stereocenters. The zero-order chi connectivity index (χ0) is 10.9. The maximum atomic E-state index is 12.7. The van der Waals surface area contributed by atoms with Gasteiger partial charge in [0.25, 0.3) is 6.43 Å². The van der Waals surface area contributed by atoms with Crippen LogP contribution in [0.4, 0.5) is 13.2 Å². The van der Waals surface area contributed by atoms with Gasteiger partial charge in [0.15, 0.2) is 11.5 Å². The zero-order valence-electron chi connectivity index (χ0n) is 6.47. The van der Waals surface area contributed by atoms with Crippen molar-refractivity contribution >= 4 is 21.9 Å². The molecule has 0 fully saturated rings. The zero-order valence-corrected chi connectivity index (χ0v) is 8.06. The predicted octanol–water partition coefficient (Wildman–Crippen LogP) is 2.62. The Bertz CT molecular complexity index is 383. The Morgan fingerprint density at radius 1 is 1.57 bits per heavy atom. The number of carboxylic acid groups (broad SMARTS) is 1. The van der Waals surface area contributed by atoms with Crippen LogP contribution in [-0.4, -0.2) is 16.1 Å². The molecule has 0 aliphatic carbocycles. The maximum Gasteiger partial charge on any atom is 0.355 e. The summed E-state index contributed by atoms with van der Waals surface area (Å²) in [5, 5.41) is 8.49. The van der Waals surface area contributed by atoms with Crippen LogP contribution < -0.4 is 0 Å². The van der Waals surface area contributed by atoms with Gasteiger partial charge in [0.1, 0.15) is 0 Å². The van der Waals surface area contributed by atoms with Crippen LogP contribution in [0.5, 0.6) is 0 Å². The number of nitrogens with zero attached hydrogens (tertiary/aromatic N) is 1. The molecule has 7 heteroatoms. The molecule has 0 aliphatic rings. The molecular weight excluding hydrogens is 267 g/mol. The number of aromatic carboxylic acids is 1. The van der Waals surface area contributed by atoms with E-state index in [1.165, 1.54) is 0 Å². The fourth-order valence-electron chi connectivity index (χ4n) is 0.850. The highest BCUT2D eigenvalue weighted by Gasteiger charge is 2.24. The molecule has 1 aromatic rings. The molecule has 0 spiro atoms. The molecule has 14 heavy (non-hydrogen) atoms. The van der Waals surface area contributed by atoms with E-state index in [4.69, 9.17) is 5.11 Å². The third-order valence-electron chi connectivity index (χ3n) is 1.43. The van der Waals surface area contributed by atoms with E-state index in [2.05, 4.69) is 20.9 Å². The van der Waals surface area contributed by atoms with Gasteiger partial charge in [-0.3, -0.25) is 0 Å². The van der Waals surface area contributed by atoms with Gasteiger partial charge < -0.3 is 5.11 Å². The lowest BCUT2D eigenvalue weighted by atomic mass is 10.2. The number of carboxylic acids is 1. The average Bonchev–Trinajstić information content (AvgIpc) is 2.08. The van der Waals surface area contributed by atoms with Gasteiger partial charge >= 0.3 is 5.97 Å². The first-order valence-electron chi connectivity index (χ1n) is 3.30. The number of pyridine rings is 1. The highest BCUT2D eigenvalue weighted by molar-refractivity contribution is 9.10. The fraction of sp³-hybridized carbons (Fsp3) is 0.143. The summed E-state index contributed by atoms with van der Waals surface area (Å²) >= 11 is 2.54. The summed E-state index contributed by atoms with van der Waals surface area (Å²) in [7, 11) is 0. The van der Waals surface area contributed by atoms with Crippen LogP contribution in [0.1, 0.15) is 22.5 Å².